The molecule has 28 heavy (non-hydrogen) atoms. The van der Waals surface area contributed by atoms with Gasteiger partial charge in [-0.3, -0.25) is 9.59 Å². The minimum atomic E-state index is -0.130. The summed E-state index contributed by atoms with van der Waals surface area (Å²) in [6.07, 6.45) is 1.42. The SMILES string of the molecule is COc1cccc(C(=O)NC2CCN(C(=O)COc3ccc(Cl)cc3)CC2)c1. The number of halogens is 1. The molecule has 2 amide bonds. The first-order chi connectivity index (χ1) is 13.5. The zero-order valence-corrected chi connectivity index (χ0v) is 16.4. The van der Waals surface area contributed by atoms with Crippen LogP contribution in [0.2, 0.25) is 5.02 Å². The number of methoxy groups -OCH3 is 1. The molecule has 1 saturated heterocycles. The van der Waals surface area contributed by atoms with Crippen molar-refractivity contribution in [1.82, 2.24) is 10.2 Å². The molecule has 1 aliphatic rings. The summed E-state index contributed by atoms with van der Waals surface area (Å²) in [5, 5.41) is 3.65. The van der Waals surface area contributed by atoms with Gasteiger partial charge >= 0.3 is 0 Å². The van der Waals surface area contributed by atoms with Crippen LogP contribution in [0.25, 0.3) is 0 Å². The zero-order chi connectivity index (χ0) is 19.9. The summed E-state index contributed by atoms with van der Waals surface area (Å²) < 4.78 is 10.7. The van der Waals surface area contributed by atoms with Crippen LogP contribution in [0.15, 0.2) is 48.5 Å². The van der Waals surface area contributed by atoms with Gasteiger partial charge in [0.05, 0.1) is 7.11 Å². The molecule has 1 heterocycles. The van der Waals surface area contributed by atoms with Gasteiger partial charge < -0.3 is 19.7 Å². The molecular formula is C21H23ClN2O4. The summed E-state index contributed by atoms with van der Waals surface area (Å²) in [6.45, 7) is 1.17. The van der Waals surface area contributed by atoms with Crippen LogP contribution < -0.4 is 14.8 Å². The largest absolute Gasteiger partial charge is 0.497 e. The molecule has 2 aromatic carbocycles. The van der Waals surface area contributed by atoms with Crippen molar-refractivity contribution in [3.8, 4) is 11.5 Å². The normalized spacial score (nSPS) is 14.4. The van der Waals surface area contributed by atoms with E-state index in [1.807, 2.05) is 0 Å². The number of rotatable bonds is 6. The van der Waals surface area contributed by atoms with E-state index in [4.69, 9.17) is 21.1 Å². The van der Waals surface area contributed by atoms with Crippen LogP contribution >= 0.6 is 11.6 Å². The van der Waals surface area contributed by atoms with Crippen LogP contribution in [0.5, 0.6) is 11.5 Å². The van der Waals surface area contributed by atoms with E-state index in [9.17, 15) is 9.59 Å². The summed E-state index contributed by atoms with van der Waals surface area (Å²) in [6, 6.07) is 14.0. The second-order valence-electron chi connectivity index (χ2n) is 6.60. The van der Waals surface area contributed by atoms with E-state index in [1.165, 1.54) is 0 Å². The average Bonchev–Trinajstić information content (AvgIpc) is 2.73. The fraction of sp³-hybridized carbons (Fsp3) is 0.333. The highest BCUT2D eigenvalue weighted by Crippen LogP contribution is 2.17. The van der Waals surface area contributed by atoms with Gasteiger partial charge in [-0.2, -0.15) is 0 Å². The molecule has 0 unspecified atom stereocenters. The van der Waals surface area contributed by atoms with Gasteiger partial charge in [0.2, 0.25) is 0 Å². The quantitative estimate of drug-likeness (QED) is 0.806. The number of hydrogen-bond donors (Lipinski definition) is 1. The van der Waals surface area contributed by atoms with Crippen LogP contribution in [0.3, 0.4) is 0 Å². The first-order valence-electron chi connectivity index (χ1n) is 9.16. The highest BCUT2D eigenvalue weighted by atomic mass is 35.5. The Morgan fingerprint density at radius 3 is 2.50 bits per heavy atom. The Balaban J connectivity index is 1.44. The minimum absolute atomic E-state index is 0.0114. The number of hydrogen-bond acceptors (Lipinski definition) is 4. The fourth-order valence-electron chi connectivity index (χ4n) is 3.07. The lowest BCUT2D eigenvalue weighted by Crippen LogP contribution is -2.47. The number of benzene rings is 2. The lowest BCUT2D eigenvalue weighted by Gasteiger charge is -2.32. The van der Waals surface area contributed by atoms with Crippen LogP contribution in [-0.2, 0) is 4.79 Å². The van der Waals surface area contributed by atoms with E-state index in [0.29, 0.717) is 48.0 Å². The Hall–Kier alpha value is -2.73. The van der Waals surface area contributed by atoms with Gasteiger partial charge in [0, 0.05) is 29.7 Å². The number of ether oxygens (including phenoxy) is 2. The van der Waals surface area contributed by atoms with Gasteiger partial charge in [-0.1, -0.05) is 17.7 Å². The Morgan fingerprint density at radius 1 is 1.11 bits per heavy atom. The molecule has 0 saturated carbocycles. The molecule has 6 nitrogen and oxygen atoms in total. The van der Waals surface area contributed by atoms with Crippen LogP contribution in [0.1, 0.15) is 23.2 Å². The van der Waals surface area contributed by atoms with E-state index in [0.717, 1.165) is 0 Å². The highest BCUT2D eigenvalue weighted by molar-refractivity contribution is 6.30. The summed E-state index contributed by atoms with van der Waals surface area (Å²) in [7, 11) is 1.57. The van der Waals surface area contributed by atoms with Crippen molar-refractivity contribution in [3.63, 3.8) is 0 Å². The van der Waals surface area contributed by atoms with E-state index >= 15 is 0 Å². The van der Waals surface area contributed by atoms with Crippen molar-refractivity contribution >= 4 is 23.4 Å². The topological polar surface area (TPSA) is 67.9 Å². The molecule has 0 aliphatic carbocycles. The highest BCUT2D eigenvalue weighted by Gasteiger charge is 2.24. The van der Waals surface area contributed by atoms with Gasteiger partial charge in [-0.15, -0.1) is 0 Å². The molecule has 2 aromatic rings. The Labute approximate surface area is 169 Å². The molecule has 1 aliphatic heterocycles. The van der Waals surface area contributed by atoms with Crippen molar-refractivity contribution in [2.24, 2.45) is 0 Å². The van der Waals surface area contributed by atoms with Gasteiger partial charge in [-0.25, -0.2) is 0 Å². The molecule has 1 N–H and O–H groups in total. The lowest BCUT2D eigenvalue weighted by molar-refractivity contribution is -0.134. The molecule has 0 aromatic heterocycles. The van der Waals surface area contributed by atoms with Crippen molar-refractivity contribution in [2.45, 2.75) is 18.9 Å². The number of carbonyl (C=O) groups is 2. The van der Waals surface area contributed by atoms with E-state index < -0.39 is 0 Å². The number of nitrogens with one attached hydrogen (secondary N) is 1. The van der Waals surface area contributed by atoms with Gasteiger partial charge in [0.25, 0.3) is 11.8 Å². The molecule has 0 spiro atoms. The summed E-state index contributed by atoms with van der Waals surface area (Å²) in [5.41, 5.74) is 0.564. The number of piperidine rings is 1. The first-order valence-corrected chi connectivity index (χ1v) is 9.54. The molecule has 0 radical (unpaired) electrons. The van der Waals surface area contributed by atoms with E-state index in [-0.39, 0.29) is 24.5 Å². The standard InChI is InChI=1S/C21H23ClN2O4/c1-27-19-4-2-3-15(13-19)21(26)23-17-9-11-24(12-10-17)20(25)14-28-18-7-5-16(22)6-8-18/h2-8,13,17H,9-12,14H2,1H3,(H,23,26). The molecule has 0 atom stereocenters. The number of carbonyl (C=O) groups excluding carboxylic acids is 2. The Bertz CT molecular complexity index is 817. The summed E-state index contributed by atoms with van der Waals surface area (Å²) in [4.78, 5) is 26.5. The molecule has 3 rings (SSSR count). The molecular weight excluding hydrogens is 380 g/mol. The maximum atomic E-state index is 12.4. The second-order valence-corrected chi connectivity index (χ2v) is 7.04. The lowest BCUT2D eigenvalue weighted by atomic mass is 10.0. The fourth-order valence-corrected chi connectivity index (χ4v) is 3.20. The molecule has 7 heteroatoms. The zero-order valence-electron chi connectivity index (χ0n) is 15.7. The summed E-state index contributed by atoms with van der Waals surface area (Å²) in [5.74, 6) is 1.06. The van der Waals surface area contributed by atoms with Crippen molar-refractivity contribution in [2.75, 3.05) is 26.8 Å². The Morgan fingerprint density at radius 2 is 1.82 bits per heavy atom. The van der Waals surface area contributed by atoms with Crippen molar-refractivity contribution < 1.29 is 19.1 Å². The third-order valence-corrected chi connectivity index (χ3v) is 4.94. The van der Waals surface area contributed by atoms with E-state index in [1.54, 1.807) is 60.5 Å². The summed E-state index contributed by atoms with van der Waals surface area (Å²) >= 11 is 5.83. The molecule has 148 valence electrons. The van der Waals surface area contributed by atoms with Crippen molar-refractivity contribution in [3.05, 3.63) is 59.1 Å². The van der Waals surface area contributed by atoms with Crippen LogP contribution in [0, 0.1) is 0 Å². The Kier molecular flexibility index (Phi) is 6.76. The first kappa shape index (κ1) is 20.0. The minimum Gasteiger partial charge on any atom is -0.497 e. The van der Waals surface area contributed by atoms with Gasteiger partial charge in [-0.05, 0) is 55.3 Å². The number of amides is 2. The third-order valence-electron chi connectivity index (χ3n) is 4.69. The molecule has 0 bridgehead atoms. The maximum absolute atomic E-state index is 12.4. The number of nitrogens with zero attached hydrogens (tertiary/aromatic N) is 1. The average molecular weight is 403 g/mol. The third kappa shape index (κ3) is 5.39. The maximum Gasteiger partial charge on any atom is 0.260 e. The van der Waals surface area contributed by atoms with Gasteiger partial charge in [0.1, 0.15) is 11.5 Å². The smallest absolute Gasteiger partial charge is 0.260 e. The predicted octanol–water partition coefficient (Wildman–Crippen LogP) is 3.15. The molecule has 1 fully saturated rings. The number of likely N-dealkylation sites (tertiary alicyclic amines) is 1. The predicted molar refractivity (Wildman–Crippen MR) is 107 cm³/mol. The van der Waals surface area contributed by atoms with Gasteiger partial charge in [0.15, 0.2) is 6.61 Å². The van der Waals surface area contributed by atoms with E-state index in [2.05, 4.69) is 5.32 Å². The monoisotopic (exact) mass is 402 g/mol. The van der Waals surface area contributed by atoms with Crippen LogP contribution in [-0.4, -0.2) is 49.6 Å². The second kappa shape index (κ2) is 9.46. The van der Waals surface area contributed by atoms with Crippen molar-refractivity contribution in [1.29, 1.82) is 0 Å². The van der Waals surface area contributed by atoms with Crippen LogP contribution in [0.4, 0.5) is 0 Å².